The molecule has 0 aliphatic heterocycles. The normalized spacial score (nSPS) is 13.7. The van der Waals surface area contributed by atoms with Crippen LogP contribution in [0.3, 0.4) is 0 Å². The fraction of sp³-hybridized carbons (Fsp3) is 0.250. The lowest BCUT2D eigenvalue weighted by atomic mass is 10.2. The Morgan fingerprint density at radius 3 is 2.66 bits per heavy atom. The highest BCUT2D eigenvalue weighted by molar-refractivity contribution is 6.06. The molecule has 0 atom stereocenters. The number of anilines is 1. The number of amides is 1. The van der Waals surface area contributed by atoms with Crippen LogP contribution in [-0.4, -0.2) is 20.3 Å². The lowest BCUT2D eigenvalue weighted by molar-refractivity contribution is 0.101. The average Bonchev–Trinajstić information content (AvgIpc) is 3.40. The molecule has 5 heteroatoms. The first-order chi connectivity index (χ1) is 14.2. The van der Waals surface area contributed by atoms with E-state index < -0.39 is 0 Å². The monoisotopic (exact) mass is 384 g/mol. The van der Waals surface area contributed by atoms with Crippen molar-refractivity contribution in [2.24, 2.45) is 5.92 Å². The molecule has 0 spiro atoms. The second kappa shape index (κ2) is 7.24. The number of benzene rings is 2. The molecule has 2 aromatic carbocycles. The predicted molar refractivity (Wildman–Crippen MR) is 115 cm³/mol. The summed E-state index contributed by atoms with van der Waals surface area (Å²) in [4.78, 5) is 13.3. The van der Waals surface area contributed by atoms with Gasteiger partial charge in [-0.2, -0.15) is 5.10 Å². The molecule has 0 saturated heterocycles. The largest absolute Gasteiger partial charge is 0.332 e. The van der Waals surface area contributed by atoms with Crippen LogP contribution in [0.15, 0.2) is 66.9 Å². The van der Waals surface area contributed by atoms with Crippen molar-refractivity contribution in [3.8, 4) is 0 Å². The van der Waals surface area contributed by atoms with E-state index in [2.05, 4.69) is 39.2 Å². The zero-order valence-corrected chi connectivity index (χ0v) is 16.5. The third-order valence-corrected chi connectivity index (χ3v) is 5.61. The van der Waals surface area contributed by atoms with Crippen molar-refractivity contribution in [3.63, 3.8) is 0 Å². The summed E-state index contributed by atoms with van der Waals surface area (Å²) in [6, 6.07) is 20.4. The second-order valence-electron chi connectivity index (χ2n) is 7.92. The van der Waals surface area contributed by atoms with E-state index in [4.69, 9.17) is 0 Å². The molecule has 2 aromatic heterocycles. The Morgan fingerprint density at radius 2 is 1.86 bits per heavy atom. The number of nitrogens with one attached hydrogen (secondary N) is 1. The molecule has 1 amide bonds. The maximum atomic E-state index is 13.3. The van der Waals surface area contributed by atoms with Gasteiger partial charge in [-0.1, -0.05) is 48.5 Å². The van der Waals surface area contributed by atoms with E-state index in [1.54, 1.807) is 0 Å². The average molecular weight is 384 g/mol. The number of nitrogens with zero attached hydrogens (tertiary/aromatic N) is 3. The number of carbonyl (C=O) groups is 1. The number of carbonyl (C=O) groups excluding carboxylic acids is 1. The molecule has 0 unspecified atom stereocenters. The number of hydrogen-bond acceptors (Lipinski definition) is 2. The Morgan fingerprint density at radius 1 is 1.10 bits per heavy atom. The molecule has 0 bridgehead atoms. The van der Waals surface area contributed by atoms with Gasteiger partial charge in [0.25, 0.3) is 5.91 Å². The molecular weight excluding hydrogens is 360 g/mol. The van der Waals surface area contributed by atoms with Gasteiger partial charge in [0.1, 0.15) is 11.5 Å². The van der Waals surface area contributed by atoms with Gasteiger partial charge in [-0.15, -0.1) is 0 Å². The number of rotatable bonds is 6. The van der Waals surface area contributed by atoms with Crippen molar-refractivity contribution in [3.05, 3.63) is 83.7 Å². The maximum absolute atomic E-state index is 13.3. The van der Waals surface area contributed by atoms with Gasteiger partial charge in [0.2, 0.25) is 0 Å². The number of fused-ring (bicyclic) bond motifs is 1. The van der Waals surface area contributed by atoms with Crippen LogP contribution in [0, 0.1) is 12.8 Å². The first-order valence-corrected chi connectivity index (χ1v) is 10.1. The number of aromatic nitrogens is 3. The van der Waals surface area contributed by atoms with E-state index in [-0.39, 0.29) is 5.91 Å². The summed E-state index contributed by atoms with van der Waals surface area (Å²) < 4.78 is 4.03. The van der Waals surface area contributed by atoms with Crippen LogP contribution in [0.5, 0.6) is 0 Å². The molecule has 1 saturated carbocycles. The molecule has 1 N–H and O–H groups in total. The van der Waals surface area contributed by atoms with Gasteiger partial charge in [0, 0.05) is 29.6 Å². The first-order valence-electron chi connectivity index (χ1n) is 10.1. The van der Waals surface area contributed by atoms with Gasteiger partial charge in [0.15, 0.2) is 0 Å². The SMILES string of the molecule is Cc1cnn(CC2CC2)c1NC(=O)c1cc2ccccc2n1Cc1ccccc1. The highest BCUT2D eigenvalue weighted by atomic mass is 16.2. The van der Waals surface area contributed by atoms with Crippen LogP contribution < -0.4 is 5.32 Å². The molecule has 5 rings (SSSR count). The smallest absolute Gasteiger partial charge is 0.273 e. The highest BCUT2D eigenvalue weighted by Crippen LogP contribution is 2.32. The Kier molecular flexibility index (Phi) is 4.43. The molecule has 1 aliphatic rings. The topological polar surface area (TPSA) is 51.9 Å². The van der Waals surface area contributed by atoms with Crippen LogP contribution in [0.4, 0.5) is 5.82 Å². The van der Waals surface area contributed by atoms with Crippen LogP contribution in [0.25, 0.3) is 10.9 Å². The minimum atomic E-state index is -0.0993. The predicted octanol–water partition coefficient (Wildman–Crippen LogP) is 4.86. The molecule has 29 heavy (non-hydrogen) atoms. The highest BCUT2D eigenvalue weighted by Gasteiger charge is 2.25. The van der Waals surface area contributed by atoms with Crippen molar-refractivity contribution < 1.29 is 4.79 Å². The molecule has 2 heterocycles. The van der Waals surface area contributed by atoms with Gasteiger partial charge >= 0.3 is 0 Å². The van der Waals surface area contributed by atoms with Gasteiger partial charge < -0.3 is 9.88 Å². The summed E-state index contributed by atoms with van der Waals surface area (Å²) in [6.45, 7) is 3.51. The van der Waals surface area contributed by atoms with Crippen molar-refractivity contribution in [2.45, 2.75) is 32.9 Å². The van der Waals surface area contributed by atoms with Crippen LogP contribution in [0.2, 0.25) is 0 Å². The van der Waals surface area contributed by atoms with Crippen molar-refractivity contribution in [1.82, 2.24) is 14.3 Å². The zero-order chi connectivity index (χ0) is 19.8. The fourth-order valence-electron chi connectivity index (χ4n) is 3.83. The van der Waals surface area contributed by atoms with Gasteiger partial charge in [-0.25, -0.2) is 4.68 Å². The van der Waals surface area contributed by atoms with Gasteiger partial charge in [-0.05, 0) is 43.4 Å². The summed E-state index contributed by atoms with van der Waals surface area (Å²) in [5.74, 6) is 1.39. The van der Waals surface area contributed by atoms with Crippen LogP contribution >= 0.6 is 0 Å². The van der Waals surface area contributed by atoms with E-state index in [1.165, 1.54) is 12.8 Å². The lowest BCUT2D eigenvalue weighted by Crippen LogP contribution is -2.20. The Hall–Kier alpha value is -3.34. The second-order valence-corrected chi connectivity index (χ2v) is 7.92. The molecule has 146 valence electrons. The van der Waals surface area contributed by atoms with Crippen molar-refractivity contribution in [2.75, 3.05) is 5.32 Å². The van der Waals surface area contributed by atoms with Gasteiger partial charge in [0.05, 0.1) is 6.20 Å². The molecule has 1 fully saturated rings. The van der Waals surface area contributed by atoms with Gasteiger partial charge in [-0.3, -0.25) is 4.79 Å². The summed E-state index contributed by atoms with van der Waals surface area (Å²) in [5, 5.41) is 8.67. The number of para-hydroxylation sites is 1. The third kappa shape index (κ3) is 3.56. The van der Waals surface area contributed by atoms with Crippen LogP contribution in [0.1, 0.15) is 34.5 Å². The summed E-state index contributed by atoms with van der Waals surface area (Å²) in [6.07, 6.45) is 4.33. The minimum Gasteiger partial charge on any atom is -0.332 e. The zero-order valence-electron chi connectivity index (χ0n) is 16.5. The fourth-order valence-corrected chi connectivity index (χ4v) is 3.83. The number of hydrogen-bond donors (Lipinski definition) is 1. The Bertz CT molecular complexity index is 1170. The Labute approximate surface area is 170 Å². The Balaban J connectivity index is 1.50. The van der Waals surface area contributed by atoms with E-state index in [9.17, 15) is 4.79 Å². The maximum Gasteiger partial charge on any atom is 0.273 e. The van der Waals surface area contributed by atoms with Crippen molar-refractivity contribution >= 4 is 22.6 Å². The van der Waals surface area contributed by atoms with E-state index in [0.29, 0.717) is 18.2 Å². The summed E-state index contributed by atoms with van der Waals surface area (Å²) in [5.41, 5.74) is 3.88. The third-order valence-electron chi connectivity index (χ3n) is 5.61. The quantitative estimate of drug-likeness (QED) is 0.516. The summed E-state index contributed by atoms with van der Waals surface area (Å²) >= 11 is 0. The standard InChI is InChI=1S/C24H24N4O/c1-17-14-25-28(16-19-11-12-19)23(17)26-24(29)22-13-20-9-5-6-10-21(20)27(22)15-18-7-3-2-4-8-18/h2-10,13-14,19H,11-12,15-16H2,1H3,(H,26,29). The molecular formula is C24H24N4O. The molecule has 5 nitrogen and oxygen atoms in total. The summed E-state index contributed by atoms with van der Waals surface area (Å²) in [7, 11) is 0. The van der Waals surface area contributed by atoms with Crippen molar-refractivity contribution in [1.29, 1.82) is 0 Å². The molecule has 4 aromatic rings. The molecule has 1 aliphatic carbocycles. The first kappa shape index (κ1) is 17.7. The molecule has 0 radical (unpaired) electrons. The lowest BCUT2D eigenvalue weighted by Gasteiger charge is -2.13. The van der Waals surface area contributed by atoms with E-state index in [0.717, 1.165) is 34.4 Å². The number of aryl methyl sites for hydroxylation is 1. The van der Waals surface area contributed by atoms with E-state index >= 15 is 0 Å². The van der Waals surface area contributed by atoms with Crippen LogP contribution in [-0.2, 0) is 13.1 Å². The minimum absolute atomic E-state index is 0.0993. The van der Waals surface area contributed by atoms with E-state index in [1.807, 2.05) is 54.2 Å².